The number of hydrogen-bond acceptors (Lipinski definition) is 3. The predicted molar refractivity (Wildman–Crippen MR) is 89.2 cm³/mol. The molecule has 0 bridgehead atoms. The van der Waals surface area contributed by atoms with Crippen LogP contribution in [0.4, 0.5) is 4.39 Å². The zero-order valence-electron chi connectivity index (χ0n) is 13.0. The van der Waals surface area contributed by atoms with Crippen molar-refractivity contribution < 1.29 is 14.3 Å². The van der Waals surface area contributed by atoms with Gasteiger partial charge in [0.05, 0.1) is 6.10 Å². The molecule has 4 nitrogen and oxygen atoms in total. The Balaban J connectivity index is 1.61. The molecule has 0 unspecified atom stereocenters. The summed E-state index contributed by atoms with van der Waals surface area (Å²) in [5, 5.41) is 10.8. The maximum atomic E-state index is 13.0. The van der Waals surface area contributed by atoms with E-state index in [-0.39, 0.29) is 17.6 Å². The first-order valence-electron chi connectivity index (χ1n) is 7.89. The van der Waals surface area contributed by atoms with E-state index in [1.54, 1.807) is 29.2 Å². The van der Waals surface area contributed by atoms with Crippen molar-refractivity contribution in [3.05, 3.63) is 64.7 Å². The Morgan fingerprint density at radius 3 is 2.54 bits per heavy atom. The molecule has 1 aliphatic rings. The molecule has 2 aromatic rings. The van der Waals surface area contributed by atoms with Gasteiger partial charge in [-0.05, 0) is 48.6 Å². The second kappa shape index (κ2) is 7.28. The summed E-state index contributed by atoms with van der Waals surface area (Å²) >= 11 is 5.83. The Hall–Kier alpha value is -1.98. The highest BCUT2D eigenvalue weighted by atomic mass is 35.5. The van der Waals surface area contributed by atoms with Crippen LogP contribution in [0.2, 0.25) is 5.15 Å². The lowest BCUT2D eigenvalue weighted by atomic mass is 9.87. The summed E-state index contributed by atoms with van der Waals surface area (Å²) in [6.07, 6.45) is 2.27. The minimum atomic E-state index is -0.641. The number of nitrogens with zero attached hydrogens (tertiary/aromatic N) is 2. The third-order valence-corrected chi connectivity index (χ3v) is 4.67. The molecular formula is C18H18ClFN2O2. The number of piperidine rings is 1. The number of likely N-dealkylation sites (tertiary alicyclic amines) is 1. The summed E-state index contributed by atoms with van der Waals surface area (Å²) in [7, 11) is 0. The van der Waals surface area contributed by atoms with Crippen LogP contribution in [-0.4, -0.2) is 34.0 Å². The van der Waals surface area contributed by atoms with E-state index in [9.17, 15) is 14.3 Å². The molecule has 24 heavy (non-hydrogen) atoms. The molecule has 1 aromatic carbocycles. The average Bonchev–Trinajstić information content (AvgIpc) is 2.61. The largest absolute Gasteiger partial charge is 0.388 e. The van der Waals surface area contributed by atoms with Crippen molar-refractivity contribution in [3.8, 4) is 0 Å². The number of carbonyl (C=O) groups excluding carboxylic acids is 1. The van der Waals surface area contributed by atoms with Gasteiger partial charge >= 0.3 is 0 Å². The van der Waals surface area contributed by atoms with Crippen LogP contribution in [0.25, 0.3) is 0 Å². The Morgan fingerprint density at radius 1 is 1.25 bits per heavy atom. The monoisotopic (exact) mass is 348 g/mol. The molecule has 1 aliphatic heterocycles. The third kappa shape index (κ3) is 3.74. The summed E-state index contributed by atoms with van der Waals surface area (Å²) in [4.78, 5) is 18.1. The number of amides is 1. The number of benzene rings is 1. The third-order valence-electron chi connectivity index (χ3n) is 4.46. The quantitative estimate of drug-likeness (QED) is 0.864. The van der Waals surface area contributed by atoms with E-state index in [4.69, 9.17) is 11.6 Å². The van der Waals surface area contributed by atoms with Gasteiger partial charge in [-0.3, -0.25) is 4.79 Å². The van der Waals surface area contributed by atoms with Gasteiger partial charge in [-0.1, -0.05) is 23.7 Å². The first-order valence-corrected chi connectivity index (χ1v) is 8.27. The second-order valence-corrected chi connectivity index (χ2v) is 6.38. The standard InChI is InChI=1S/C18H18ClFN2O2/c19-16-11-14(5-8-21-16)18(24)22-9-6-13(7-10-22)17(23)12-1-3-15(20)4-2-12/h1-5,8,11,13,17,23H,6-7,9-10H2/t17-/m0/s1. The van der Waals surface area contributed by atoms with E-state index in [0.29, 0.717) is 42.2 Å². The smallest absolute Gasteiger partial charge is 0.254 e. The normalized spacial score (nSPS) is 16.9. The molecule has 1 aromatic heterocycles. The molecule has 0 spiro atoms. The van der Waals surface area contributed by atoms with Gasteiger partial charge in [0.15, 0.2) is 0 Å². The van der Waals surface area contributed by atoms with Gasteiger partial charge in [0.1, 0.15) is 11.0 Å². The maximum absolute atomic E-state index is 13.0. The molecular weight excluding hydrogens is 331 g/mol. The molecule has 2 heterocycles. The predicted octanol–water partition coefficient (Wildman–Crippen LogP) is 3.46. The molecule has 1 amide bonds. The number of hydrogen-bond donors (Lipinski definition) is 1. The van der Waals surface area contributed by atoms with Crippen LogP contribution >= 0.6 is 11.6 Å². The van der Waals surface area contributed by atoms with Gasteiger partial charge in [-0.25, -0.2) is 9.37 Å². The van der Waals surface area contributed by atoms with Gasteiger partial charge in [0.25, 0.3) is 5.91 Å². The summed E-state index contributed by atoms with van der Waals surface area (Å²) in [5.41, 5.74) is 1.23. The molecule has 0 aliphatic carbocycles. The number of halogens is 2. The minimum absolute atomic E-state index is 0.0561. The van der Waals surface area contributed by atoms with Gasteiger partial charge < -0.3 is 10.0 Å². The topological polar surface area (TPSA) is 53.4 Å². The van der Waals surface area contributed by atoms with Crippen LogP contribution in [0.5, 0.6) is 0 Å². The first-order chi connectivity index (χ1) is 11.5. The molecule has 126 valence electrons. The van der Waals surface area contributed by atoms with Gasteiger partial charge in [-0.2, -0.15) is 0 Å². The highest BCUT2D eigenvalue weighted by molar-refractivity contribution is 6.29. The Labute approximate surface area is 144 Å². The molecule has 1 saturated heterocycles. The van der Waals surface area contributed by atoms with Crippen LogP contribution in [0.3, 0.4) is 0 Å². The number of aromatic nitrogens is 1. The summed E-state index contributed by atoms with van der Waals surface area (Å²) < 4.78 is 13.0. The fourth-order valence-electron chi connectivity index (χ4n) is 3.07. The van der Waals surface area contributed by atoms with Crippen molar-refractivity contribution in [1.82, 2.24) is 9.88 Å². The molecule has 6 heteroatoms. The summed E-state index contributed by atoms with van der Waals surface area (Å²) in [6.45, 7) is 1.14. The number of carbonyl (C=O) groups is 1. The number of aliphatic hydroxyl groups excluding tert-OH is 1. The fourth-order valence-corrected chi connectivity index (χ4v) is 3.24. The van der Waals surface area contributed by atoms with Crippen LogP contribution in [-0.2, 0) is 0 Å². The average molecular weight is 349 g/mol. The zero-order valence-corrected chi connectivity index (χ0v) is 13.8. The molecule has 1 N–H and O–H groups in total. The second-order valence-electron chi connectivity index (χ2n) is 5.99. The molecule has 1 fully saturated rings. The SMILES string of the molecule is O=C(c1ccnc(Cl)c1)N1CCC([C@@H](O)c2ccc(F)cc2)CC1. The highest BCUT2D eigenvalue weighted by Crippen LogP contribution is 2.31. The Morgan fingerprint density at radius 2 is 1.92 bits per heavy atom. The number of rotatable bonds is 3. The lowest BCUT2D eigenvalue weighted by Gasteiger charge is -2.34. The summed E-state index contributed by atoms with van der Waals surface area (Å²) in [5.74, 6) is -0.336. The lowest BCUT2D eigenvalue weighted by Crippen LogP contribution is -2.39. The highest BCUT2D eigenvalue weighted by Gasteiger charge is 2.28. The van der Waals surface area contributed by atoms with Crippen LogP contribution in [0.1, 0.15) is 34.9 Å². The molecule has 0 radical (unpaired) electrons. The van der Waals surface area contributed by atoms with E-state index >= 15 is 0 Å². The van der Waals surface area contributed by atoms with Crippen molar-refractivity contribution in [2.24, 2.45) is 5.92 Å². The van der Waals surface area contributed by atoms with Crippen molar-refractivity contribution in [2.45, 2.75) is 18.9 Å². The number of pyridine rings is 1. The van der Waals surface area contributed by atoms with Crippen molar-refractivity contribution in [1.29, 1.82) is 0 Å². The first kappa shape index (κ1) is 16.9. The van der Waals surface area contributed by atoms with E-state index in [1.165, 1.54) is 18.3 Å². The van der Waals surface area contributed by atoms with Crippen LogP contribution in [0, 0.1) is 11.7 Å². The van der Waals surface area contributed by atoms with Crippen molar-refractivity contribution in [3.63, 3.8) is 0 Å². The molecule has 1 atom stereocenters. The zero-order chi connectivity index (χ0) is 17.1. The minimum Gasteiger partial charge on any atom is -0.388 e. The van der Waals surface area contributed by atoms with E-state index < -0.39 is 6.10 Å². The van der Waals surface area contributed by atoms with Crippen molar-refractivity contribution in [2.75, 3.05) is 13.1 Å². The maximum Gasteiger partial charge on any atom is 0.254 e. The number of aliphatic hydroxyl groups is 1. The molecule has 3 rings (SSSR count). The summed E-state index contributed by atoms with van der Waals surface area (Å²) in [6, 6.07) is 9.12. The Bertz CT molecular complexity index is 715. The van der Waals surface area contributed by atoms with E-state index in [1.807, 2.05) is 0 Å². The van der Waals surface area contributed by atoms with Crippen LogP contribution < -0.4 is 0 Å². The van der Waals surface area contributed by atoms with Gasteiger partial charge in [-0.15, -0.1) is 0 Å². The fraction of sp³-hybridized carbons (Fsp3) is 0.333. The van der Waals surface area contributed by atoms with Gasteiger partial charge in [0, 0.05) is 24.8 Å². The van der Waals surface area contributed by atoms with Crippen molar-refractivity contribution >= 4 is 17.5 Å². The molecule has 0 saturated carbocycles. The van der Waals surface area contributed by atoms with E-state index in [2.05, 4.69) is 4.98 Å². The Kier molecular flexibility index (Phi) is 5.11. The lowest BCUT2D eigenvalue weighted by molar-refractivity contribution is 0.0462. The van der Waals surface area contributed by atoms with E-state index in [0.717, 1.165) is 0 Å². The van der Waals surface area contributed by atoms with Gasteiger partial charge in [0.2, 0.25) is 0 Å². The van der Waals surface area contributed by atoms with Crippen LogP contribution in [0.15, 0.2) is 42.6 Å².